The van der Waals surface area contributed by atoms with Crippen LogP contribution in [0.4, 0.5) is 33.7 Å². The number of halogens is 1. The van der Waals surface area contributed by atoms with Gasteiger partial charge in [0.15, 0.2) is 21.2 Å². The number of aliphatic imine (C=N–C) groups is 1. The number of nitrogens with one attached hydrogen (secondary N) is 2. The fraction of sp³-hybridized carbons (Fsp3) is 0.426. The van der Waals surface area contributed by atoms with Crippen LogP contribution in [-0.4, -0.2) is 114 Å². The topological polar surface area (TPSA) is 148 Å². The van der Waals surface area contributed by atoms with Gasteiger partial charge in [-0.15, -0.1) is 0 Å². The van der Waals surface area contributed by atoms with Crippen molar-refractivity contribution in [1.82, 2.24) is 14.8 Å². The molecule has 0 amide bonds. The van der Waals surface area contributed by atoms with Gasteiger partial charge in [0.1, 0.15) is 10.7 Å². The number of rotatable bonds is 14. The SMILES string of the molecule is CCSC(N)=NC(=S)Nc1ccc(N2CCC(N(C)C)CC2)cc1.CN(C)C1CCN(c2ccc(Nc3nc(N)c(C(=O)c4cccc(C5CC5)c4)s3)cc2)CC1.O=C(CBr)c1cccc(C2CC2)c1.P. The summed E-state index contributed by atoms with van der Waals surface area (Å²) >= 11 is 11.2. The summed E-state index contributed by atoms with van der Waals surface area (Å²) in [6, 6.07) is 34.1. The van der Waals surface area contributed by atoms with Crippen LogP contribution < -0.4 is 31.9 Å². The number of aromatic nitrogens is 1. The highest BCUT2D eigenvalue weighted by atomic mass is 79.9. The second-order valence-corrected chi connectivity index (χ2v) is 22.0. The van der Waals surface area contributed by atoms with Crippen LogP contribution in [0.15, 0.2) is 102 Å². The molecule has 0 bridgehead atoms. The van der Waals surface area contributed by atoms with Crippen LogP contribution in [0.3, 0.4) is 0 Å². The first-order valence-corrected chi connectivity index (χ1v) is 27.8. The molecule has 4 aromatic carbocycles. The van der Waals surface area contributed by atoms with E-state index in [9.17, 15) is 9.59 Å². The van der Waals surface area contributed by atoms with E-state index in [2.05, 4.69) is 133 Å². The molecule has 1 aromatic heterocycles. The number of piperidine rings is 2. The summed E-state index contributed by atoms with van der Waals surface area (Å²) in [5.41, 5.74) is 20.3. The van der Waals surface area contributed by atoms with E-state index < -0.39 is 0 Å². The summed E-state index contributed by atoms with van der Waals surface area (Å²) in [6.45, 7) is 6.38. The van der Waals surface area contributed by atoms with Gasteiger partial charge in [0, 0.05) is 72.1 Å². The van der Waals surface area contributed by atoms with Crippen molar-refractivity contribution in [1.29, 1.82) is 0 Å². The van der Waals surface area contributed by atoms with E-state index in [0.29, 0.717) is 49.2 Å². The maximum absolute atomic E-state index is 13.1. The number of carbonyl (C=O) groups excluding carboxylic acids is 2. The summed E-state index contributed by atoms with van der Waals surface area (Å²) in [7, 11) is 8.66. The molecular weight excluding hydrogens is 1030 g/mol. The molecule has 12 nitrogen and oxygen atoms in total. The number of Topliss-reactive ketones (excluding diaryl/α,β-unsaturated/α-hetero) is 1. The number of nitrogen functional groups attached to an aromatic ring is 1. The largest absolute Gasteiger partial charge is 0.382 e. The molecule has 4 fully saturated rings. The Balaban J connectivity index is 0.000000190. The van der Waals surface area contributed by atoms with Crippen LogP contribution in [-0.2, 0) is 0 Å². The molecule has 2 aliphatic carbocycles. The van der Waals surface area contributed by atoms with E-state index in [4.69, 9.17) is 23.7 Å². The van der Waals surface area contributed by atoms with Crippen LogP contribution >= 0.6 is 61.1 Å². The first kappa shape index (κ1) is 55.9. The monoisotopic (exact) mass is 1100 g/mol. The lowest BCUT2D eigenvalue weighted by atomic mass is 10.0. The molecule has 17 heteroatoms. The molecule has 2 saturated carbocycles. The number of thiazole rings is 1. The van der Waals surface area contributed by atoms with Crippen molar-refractivity contribution in [3.63, 3.8) is 0 Å². The second kappa shape index (κ2) is 27.0. The number of hydrogen-bond donors (Lipinski definition) is 4. The van der Waals surface area contributed by atoms with Crippen molar-refractivity contribution in [2.45, 2.75) is 82.2 Å². The number of ketones is 2. The lowest BCUT2D eigenvalue weighted by Crippen LogP contribution is -2.41. The summed E-state index contributed by atoms with van der Waals surface area (Å²) in [5.74, 6) is 2.61. The third-order valence-corrected chi connectivity index (χ3v) is 15.7. The second-order valence-electron chi connectivity index (χ2n) is 18.8. The molecule has 4 aliphatic rings. The van der Waals surface area contributed by atoms with Gasteiger partial charge in [0.05, 0.1) is 5.33 Å². The Labute approximate surface area is 446 Å². The molecule has 2 saturated heterocycles. The molecule has 380 valence electrons. The maximum Gasteiger partial charge on any atom is 0.206 e. The Morgan fingerprint density at radius 3 is 1.70 bits per heavy atom. The lowest BCUT2D eigenvalue weighted by Gasteiger charge is -2.36. The maximum atomic E-state index is 13.1. The summed E-state index contributed by atoms with van der Waals surface area (Å²) in [5, 5.41) is 8.36. The number of nitrogens with zero attached hydrogens (tertiary/aromatic N) is 6. The van der Waals surface area contributed by atoms with Gasteiger partial charge >= 0.3 is 0 Å². The van der Waals surface area contributed by atoms with E-state index >= 15 is 0 Å². The van der Waals surface area contributed by atoms with Gasteiger partial charge in [0.25, 0.3) is 0 Å². The standard InChI is InChI=1S/C26H31N5OS.C17H27N5S2.C11H11BrO.H3P/c1-30(2)21-12-14-31(15-13-21)22-10-8-20(9-11-22)28-26-29-25(27)24(33-26)23(32)19-5-3-4-18(16-19)17-6-7-17;1-4-24-16(18)20-17(23)19-13-5-7-15(8-6-13)22-11-9-14(10-12-22)21(2)3;12-7-11(13)10-3-1-2-9(6-10)8-4-5-8;/h3-5,8-11,16-17,21H,6-7,12-15,27H2,1-2H3,(H,28,29);5-8,14H,4,9-12H2,1-3H3,(H3,18,19,20,23);1-3,6,8H,4-5,7H2;1H3. The summed E-state index contributed by atoms with van der Waals surface area (Å²) < 4.78 is 0. The molecule has 5 aromatic rings. The number of thioether (sulfide) groups is 1. The highest BCUT2D eigenvalue weighted by Gasteiger charge is 2.27. The fourth-order valence-corrected chi connectivity index (χ4v) is 10.8. The van der Waals surface area contributed by atoms with Crippen molar-refractivity contribution < 1.29 is 9.59 Å². The molecular formula is C54H72BrN10O2PS3. The fourth-order valence-electron chi connectivity index (χ4n) is 8.84. The van der Waals surface area contributed by atoms with E-state index in [1.165, 1.54) is 97.0 Å². The summed E-state index contributed by atoms with van der Waals surface area (Å²) in [4.78, 5) is 43.0. The molecule has 71 heavy (non-hydrogen) atoms. The van der Waals surface area contributed by atoms with Gasteiger partial charge in [-0.05, 0) is 181 Å². The molecule has 1 unspecified atom stereocenters. The number of amidine groups is 1. The zero-order chi connectivity index (χ0) is 49.7. The number of anilines is 6. The first-order valence-electron chi connectivity index (χ1n) is 24.5. The lowest BCUT2D eigenvalue weighted by molar-refractivity contribution is 0.102. The van der Waals surface area contributed by atoms with Gasteiger partial charge in [-0.25, -0.2) is 4.98 Å². The van der Waals surface area contributed by atoms with Crippen LogP contribution in [0, 0.1) is 0 Å². The smallest absolute Gasteiger partial charge is 0.206 e. The number of carbonyl (C=O) groups is 2. The molecule has 2 aliphatic heterocycles. The molecule has 1 atom stereocenters. The first-order chi connectivity index (χ1) is 33.8. The van der Waals surface area contributed by atoms with Crippen LogP contribution in [0.2, 0.25) is 0 Å². The van der Waals surface area contributed by atoms with Gasteiger partial charge in [-0.3, -0.25) is 9.59 Å². The van der Waals surface area contributed by atoms with Gasteiger partial charge in [-0.2, -0.15) is 14.9 Å². The number of thiocarbonyl (C=S) groups is 1. The average Bonchev–Trinajstić information content (AvgIpc) is 4.33. The zero-order valence-corrected chi connectivity index (χ0v) is 47.4. The predicted octanol–water partition coefficient (Wildman–Crippen LogP) is 11.3. The third-order valence-electron chi connectivity index (χ3n) is 13.3. The van der Waals surface area contributed by atoms with E-state index in [0.717, 1.165) is 54.8 Å². The molecule has 0 spiro atoms. The highest BCUT2D eigenvalue weighted by Crippen LogP contribution is 2.41. The molecule has 9 rings (SSSR count). The number of nitrogens with two attached hydrogens (primary N) is 2. The van der Waals surface area contributed by atoms with E-state index in [1.807, 2.05) is 55.5 Å². The van der Waals surface area contributed by atoms with Crippen molar-refractivity contribution in [2.75, 3.05) is 91.6 Å². The normalized spacial score (nSPS) is 16.3. The number of hydrogen-bond acceptors (Lipinski definition) is 12. The van der Waals surface area contributed by atoms with Gasteiger partial charge < -0.3 is 41.7 Å². The summed E-state index contributed by atoms with van der Waals surface area (Å²) in [6.07, 6.45) is 9.78. The number of alkyl halides is 1. The molecule has 6 N–H and O–H groups in total. The third kappa shape index (κ3) is 16.6. The van der Waals surface area contributed by atoms with Crippen molar-refractivity contribution in [3.8, 4) is 0 Å². The minimum absolute atomic E-state index is 0. The van der Waals surface area contributed by atoms with Gasteiger partial charge in [-0.1, -0.05) is 82.4 Å². The van der Waals surface area contributed by atoms with E-state index in [-0.39, 0.29) is 27.3 Å². The highest BCUT2D eigenvalue weighted by molar-refractivity contribution is 9.09. The Hall–Kier alpha value is -4.41. The molecule has 0 radical (unpaired) electrons. The zero-order valence-electron chi connectivity index (χ0n) is 41.9. The minimum atomic E-state index is -0.0583. The van der Waals surface area contributed by atoms with Gasteiger partial charge in [0.2, 0.25) is 5.78 Å². The average molecular weight is 1100 g/mol. The van der Waals surface area contributed by atoms with Crippen molar-refractivity contribution >= 4 is 117 Å². The Kier molecular flexibility index (Phi) is 21.3. The van der Waals surface area contributed by atoms with Crippen molar-refractivity contribution in [2.24, 2.45) is 10.7 Å². The van der Waals surface area contributed by atoms with Crippen molar-refractivity contribution in [3.05, 3.63) is 124 Å². The Morgan fingerprint density at radius 2 is 1.24 bits per heavy atom. The Morgan fingerprint density at radius 1 is 0.761 bits per heavy atom. The minimum Gasteiger partial charge on any atom is -0.382 e. The quantitative estimate of drug-likeness (QED) is 0.0209. The Bertz CT molecular complexity index is 2550. The van der Waals surface area contributed by atoms with Crippen LogP contribution in [0.25, 0.3) is 0 Å². The molecule has 3 heterocycles. The van der Waals surface area contributed by atoms with E-state index in [1.54, 1.807) is 0 Å². The number of benzene rings is 4. The van der Waals surface area contributed by atoms with Crippen LogP contribution in [0.5, 0.6) is 0 Å². The predicted molar refractivity (Wildman–Crippen MR) is 316 cm³/mol. The van der Waals surface area contributed by atoms with Crippen LogP contribution in [0.1, 0.15) is 107 Å².